The van der Waals surface area contributed by atoms with Gasteiger partial charge >= 0.3 is 0 Å². The van der Waals surface area contributed by atoms with Crippen molar-refractivity contribution in [2.75, 3.05) is 7.11 Å². The van der Waals surface area contributed by atoms with E-state index in [0.29, 0.717) is 0 Å². The van der Waals surface area contributed by atoms with Crippen LogP contribution in [0.25, 0.3) is 0 Å². The van der Waals surface area contributed by atoms with Crippen LogP contribution in [0.3, 0.4) is 0 Å². The Hall–Kier alpha value is -0.200. The molecular formula is C7H13O5. The van der Waals surface area contributed by atoms with E-state index in [4.69, 9.17) is 9.47 Å². The number of hydrogen-bond acceptors (Lipinski definition) is 5. The molecule has 1 unspecified atom stereocenters. The van der Waals surface area contributed by atoms with Crippen molar-refractivity contribution in [3.8, 4) is 0 Å². The van der Waals surface area contributed by atoms with Crippen molar-refractivity contribution < 1.29 is 24.8 Å². The summed E-state index contributed by atoms with van der Waals surface area (Å²) in [6, 6.07) is 0. The van der Waals surface area contributed by atoms with E-state index in [1.807, 2.05) is 0 Å². The van der Waals surface area contributed by atoms with Gasteiger partial charge in [-0.1, -0.05) is 0 Å². The largest absolute Gasteiger partial charge is 0.388 e. The van der Waals surface area contributed by atoms with Gasteiger partial charge in [-0.25, -0.2) is 0 Å². The monoisotopic (exact) mass is 177 g/mol. The summed E-state index contributed by atoms with van der Waals surface area (Å²) in [6.45, 7) is 3.44. The number of rotatable bonds is 1. The summed E-state index contributed by atoms with van der Waals surface area (Å²) in [5, 5.41) is 27.6. The van der Waals surface area contributed by atoms with Crippen molar-refractivity contribution in [2.45, 2.75) is 30.7 Å². The van der Waals surface area contributed by atoms with E-state index < -0.39 is 30.7 Å². The maximum Gasteiger partial charge on any atom is 0.186 e. The number of hydrogen-bond donors (Lipinski definition) is 3. The second-order valence-corrected chi connectivity index (χ2v) is 2.75. The first-order valence-electron chi connectivity index (χ1n) is 3.63. The SMILES string of the molecule is [CH2][C@H]1OC(OC)[C@H](O)[C@@H](O)[C@@H]1O. The predicted octanol–water partition coefficient (Wildman–Crippen LogP) is -1.73. The van der Waals surface area contributed by atoms with E-state index in [9.17, 15) is 15.3 Å². The summed E-state index contributed by atoms with van der Waals surface area (Å²) in [6.07, 6.45) is -5.39. The first-order chi connectivity index (χ1) is 5.57. The van der Waals surface area contributed by atoms with E-state index in [1.165, 1.54) is 7.11 Å². The Bertz CT molecular complexity index is 146. The highest BCUT2D eigenvalue weighted by Crippen LogP contribution is 2.20. The Balaban J connectivity index is 2.63. The van der Waals surface area contributed by atoms with Gasteiger partial charge in [-0.2, -0.15) is 0 Å². The first-order valence-corrected chi connectivity index (χ1v) is 3.63. The van der Waals surface area contributed by atoms with Crippen LogP contribution in [0, 0.1) is 6.92 Å². The maximum atomic E-state index is 9.24. The minimum Gasteiger partial charge on any atom is -0.388 e. The molecule has 1 aliphatic rings. The van der Waals surface area contributed by atoms with Gasteiger partial charge in [0.25, 0.3) is 0 Å². The number of aliphatic hydroxyl groups excluding tert-OH is 3. The lowest BCUT2D eigenvalue weighted by Crippen LogP contribution is -2.57. The zero-order valence-corrected chi connectivity index (χ0v) is 6.75. The molecule has 12 heavy (non-hydrogen) atoms. The van der Waals surface area contributed by atoms with Crippen molar-refractivity contribution in [3.63, 3.8) is 0 Å². The van der Waals surface area contributed by atoms with E-state index in [-0.39, 0.29) is 0 Å². The molecule has 0 saturated carbocycles. The lowest BCUT2D eigenvalue weighted by molar-refractivity contribution is -0.280. The van der Waals surface area contributed by atoms with Crippen molar-refractivity contribution >= 4 is 0 Å². The van der Waals surface area contributed by atoms with E-state index in [2.05, 4.69) is 6.92 Å². The zero-order chi connectivity index (χ0) is 9.30. The third-order valence-electron chi connectivity index (χ3n) is 1.90. The molecule has 1 aliphatic heterocycles. The molecule has 0 bridgehead atoms. The number of aliphatic hydroxyl groups is 3. The molecule has 0 spiro atoms. The highest BCUT2D eigenvalue weighted by Gasteiger charge is 2.41. The second kappa shape index (κ2) is 3.68. The summed E-state index contributed by atoms with van der Waals surface area (Å²) in [4.78, 5) is 0. The Morgan fingerprint density at radius 1 is 1.17 bits per heavy atom. The molecule has 1 rings (SSSR count). The van der Waals surface area contributed by atoms with Crippen LogP contribution in [0.4, 0.5) is 0 Å². The second-order valence-electron chi connectivity index (χ2n) is 2.75. The predicted molar refractivity (Wildman–Crippen MR) is 39.0 cm³/mol. The molecule has 0 aliphatic carbocycles. The van der Waals surface area contributed by atoms with Gasteiger partial charge in [0.1, 0.15) is 18.3 Å². The first kappa shape index (κ1) is 9.88. The maximum absolute atomic E-state index is 9.24. The standard InChI is InChI=1S/C7H13O5/c1-3-4(8)5(9)6(10)7(11-2)12-3/h3-10H,1H2,2H3/t3-,4-,5+,6-,7?/m1/s1. The average Bonchev–Trinajstić information content (AvgIpc) is 2.08. The molecule has 1 radical (unpaired) electrons. The fraction of sp³-hybridized carbons (Fsp3) is 0.857. The summed E-state index contributed by atoms with van der Waals surface area (Å²) < 4.78 is 9.65. The van der Waals surface area contributed by atoms with Crippen LogP contribution in [0.15, 0.2) is 0 Å². The summed E-state index contributed by atoms with van der Waals surface area (Å²) >= 11 is 0. The average molecular weight is 177 g/mol. The Kier molecular flexibility index (Phi) is 3.03. The highest BCUT2D eigenvalue weighted by molar-refractivity contribution is 4.89. The van der Waals surface area contributed by atoms with Crippen LogP contribution in [-0.4, -0.2) is 53.1 Å². The van der Waals surface area contributed by atoms with E-state index in [1.54, 1.807) is 0 Å². The van der Waals surface area contributed by atoms with Crippen molar-refractivity contribution in [2.24, 2.45) is 0 Å². The lowest BCUT2D eigenvalue weighted by atomic mass is 10.0. The van der Waals surface area contributed by atoms with Crippen molar-refractivity contribution in [1.82, 2.24) is 0 Å². The van der Waals surface area contributed by atoms with Gasteiger partial charge in [-0.05, 0) is 6.92 Å². The molecule has 71 valence electrons. The van der Waals surface area contributed by atoms with Gasteiger partial charge < -0.3 is 24.8 Å². The van der Waals surface area contributed by atoms with Gasteiger partial charge in [-0.15, -0.1) is 0 Å². The fourth-order valence-corrected chi connectivity index (χ4v) is 1.11. The van der Waals surface area contributed by atoms with Crippen LogP contribution in [0.2, 0.25) is 0 Å². The molecule has 0 aromatic rings. The van der Waals surface area contributed by atoms with Crippen LogP contribution in [0.5, 0.6) is 0 Å². The minimum absolute atomic E-state index is 0.784. The normalized spacial score (nSPS) is 49.2. The molecule has 0 amide bonds. The molecule has 0 aromatic carbocycles. The molecule has 0 aromatic heterocycles. The summed E-state index contributed by atoms with van der Waals surface area (Å²) in [5.74, 6) is 0. The smallest absolute Gasteiger partial charge is 0.186 e. The molecule has 5 nitrogen and oxygen atoms in total. The highest BCUT2D eigenvalue weighted by atomic mass is 16.7. The van der Waals surface area contributed by atoms with Gasteiger partial charge in [-0.3, -0.25) is 0 Å². The third-order valence-corrected chi connectivity index (χ3v) is 1.90. The van der Waals surface area contributed by atoms with E-state index >= 15 is 0 Å². The Morgan fingerprint density at radius 2 is 1.75 bits per heavy atom. The van der Waals surface area contributed by atoms with E-state index in [0.717, 1.165) is 0 Å². The number of methoxy groups -OCH3 is 1. The summed E-state index contributed by atoms with van der Waals surface area (Å²) in [5.41, 5.74) is 0. The number of ether oxygens (including phenoxy) is 2. The topological polar surface area (TPSA) is 79.2 Å². The van der Waals surface area contributed by atoms with Crippen LogP contribution in [-0.2, 0) is 9.47 Å². The van der Waals surface area contributed by atoms with Crippen LogP contribution in [0.1, 0.15) is 0 Å². The van der Waals surface area contributed by atoms with Gasteiger partial charge in [0.05, 0.1) is 6.10 Å². The Labute approximate surface area is 70.5 Å². The van der Waals surface area contributed by atoms with Gasteiger partial charge in [0.2, 0.25) is 0 Å². The lowest BCUT2D eigenvalue weighted by Gasteiger charge is -2.38. The quantitative estimate of drug-likeness (QED) is 0.444. The molecule has 1 saturated heterocycles. The Morgan fingerprint density at radius 3 is 2.25 bits per heavy atom. The molecule has 5 atom stereocenters. The third kappa shape index (κ3) is 1.60. The summed E-state index contributed by atoms with van der Waals surface area (Å²) in [7, 11) is 1.34. The van der Waals surface area contributed by atoms with Crippen LogP contribution >= 0.6 is 0 Å². The van der Waals surface area contributed by atoms with Crippen LogP contribution < -0.4 is 0 Å². The zero-order valence-electron chi connectivity index (χ0n) is 6.75. The van der Waals surface area contributed by atoms with Gasteiger partial charge in [0.15, 0.2) is 6.29 Å². The fourth-order valence-electron chi connectivity index (χ4n) is 1.11. The molecular weight excluding hydrogens is 164 g/mol. The molecule has 3 N–H and O–H groups in total. The molecule has 1 heterocycles. The molecule has 1 fully saturated rings. The van der Waals surface area contributed by atoms with Crippen molar-refractivity contribution in [3.05, 3.63) is 6.92 Å². The molecule has 5 heteroatoms. The van der Waals surface area contributed by atoms with Gasteiger partial charge in [0, 0.05) is 7.11 Å². The van der Waals surface area contributed by atoms with Crippen molar-refractivity contribution in [1.29, 1.82) is 0 Å². The minimum atomic E-state index is -1.27.